The van der Waals surface area contributed by atoms with Crippen LogP contribution >= 0.6 is 0 Å². The van der Waals surface area contributed by atoms with Crippen LogP contribution < -0.4 is 4.74 Å². The van der Waals surface area contributed by atoms with Crippen molar-refractivity contribution in [3.8, 4) is 5.75 Å². The first-order chi connectivity index (χ1) is 9.05. The summed E-state index contributed by atoms with van der Waals surface area (Å²) in [5, 5.41) is 18.3. The zero-order valence-electron chi connectivity index (χ0n) is 13.5. The highest BCUT2D eigenvalue weighted by atomic mass is 16.5. The molecule has 0 bridgehead atoms. The van der Waals surface area contributed by atoms with Crippen molar-refractivity contribution in [2.75, 3.05) is 13.2 Å². The van der Waals surface area contributed by atoms with Crippen molar-refractivity contribution < 1.29 is 14.9 Å². The van der Waals surface area contributed by atoms with Gasteiger partial charge in [0.15, 0.2) is 0 Å². The third-order valence-electron chi connectivity index (χ3n) is 3.30. The fourth-order valence-corrected chi connectivity index (χ4v) is 1.95. The first-order valence-electron chi connectivity index (χ1n) is 7.12. The second kappa shape index (κ2) is 6.15. The van der Waals surface area contributed by atoms with E-state index in [1.54, 1.807) is 0 Å². The first kappa shape index (κ1) is 17.0. The number of hydrogen-bond acceptors (Lipinski definition) is 3. The fourth-order valence-electron chi connectivity index (χ4n) is 1.95. The highest BCUT2D eigenvalue weighted by molar-refractivity contribution is 5.43. The Morgan fingerprint density at radius 2 is 1.65 bits per heavy atom. The van der Waals surface area contributed by atoms with E-state index in [4.69, 9.17) is 9.84 Å². The van der Waals surface area contributed by atoms with Crippen LogP contribution in [0.2, 0.25) is 0 Å². The van der Waals surface area contributed by atoms with E-state index in [9.17, 15) is 5.11 Å². The molecule has 3 heteroatoms. The zero-order valence-corrected chi connectivity index (χ0v) is 13.5. The van der Waals surface area contributed by atoms with Gasteiger partial charge in [0.1, 0.15) is 18.5 Å². The maximum atomic E-state index is 9.42. The van der Waals surface area contributed by atoms with Crippen molar-refractivity contribution in [1.29, 1.82) is 0 Å². The summed E-state index contributed by atoms with van der Waals surface area (Å²) in [6, 6.07) is 6.21. The third-order valence-corrected chi connectivity index (χ3v) is 3.30. The minimum absolute atomic E-state index is 0.0409. The topological polar surface area (TPSA) is 49.7 Å². The summed E-state index contributed by atoms with van der Waals surface area (Å²) in [6.07, 6.45) is -0.842. The molecule has 0 saturated heterocycles. The van der Waals surface area contributed by atoms with Crippen molar-refractivity contribution in [2.45, 2.75) is 58.5 Å². The Hall–Kier alpha value is -1.06. The van der Waals surface area contributed by atoms with Crippen molar-refractivity contribution in [2.24, 2.45) is 0 Å². The molecule has 1 aromatic rings. The number of ether oxygens (including phenoxy) is 1. The van der Waals surface area contributed by atoms with E-state index in [-0.39, 0.29) is 24.0 Å². The molecule has 20 heavy (non-hydrogen) atoms. The lowest BCUT2D eigenvalue weighted by Gasteiger charge is -2.27. The molecule has 2 N–H and O–H groups in total. The van der Waals surface area contributed by atoms with E-state index < -0.39 is 6.10 Å². The van der Waals surface area contributed by atoms with Gasteiger partial charge in [0.05, 0.1) is 6.61 Å². The molecule has 0 saturated carbocycles. The van der Waals surface area contributed by atoms with E-state index in [1.807, 2.05) is 6.07 Å². The maximum absolute atomic E-state index is 9.42. The first-order valence-corrected chi connectivity index (χ1v) is 7.12. The van der Waals surface area contributed by atoms with Gasteiger partial charge in [-0.05, 0) is 28.0 Å². The smallest absolute Gasteiger partial charge is 0.123 e. The zero-order chi connectivity index (χ0) is 15.6. The monoisotopic (exact) mass is 280 g/mol. The molecule has 0 spiro atoms. The van der Waals surface area contributed by atoms with Crippen LogP contribution in [0.1, 0.15) is 52.7 Å². The molecular weight excluding hydrogens is 252 g/mol. The van der Waals surface area contributed by atoms with Crippen molar-refractivity contribution in [3.63, 3.8) is 0 Å². The molecule has 1 aromatic carbocycles. The number of aliphatic hydroxyl groups excluding tert-OH is 2. The van der Waals surface area contributed by atoms with Crippen LogP contribution in [0.25, 0.3) is 0 Å². The Balaban J connectivity index is 3.12. The Kier molecular flexibility index (Phi) is 5.22. The van der Waals surface area contributed by atoms with Crippen LogP contribution in [0, 0.1) is 0 Å². The van der Waals surface area contributed by atoms with E-state index in [0.717, 1.165) is 11.3 Å². The van der Waals surface area contributed by atoms with Gasteiger partial charge in [-0.1, -0.05) is 53.7 Å². The molecule has 0 aliphatic carbocycles. The molecule has 0 radical (unpaired) electrons. The van der Waals surface area contributed by atoms with E-state index in [2.05, 4.69) is 53.7 Å². The van der Waals surface area contributed by atoms with Crippen molar-refractivity contribution >= 4 is 0 Å². The van der Waals surface area contributed by atoms with Crippen molar-refractivity contribution in [3.05, 3.63) is 29.3 Å². The molecule has 1 unspecified atom stereocenters. The molecule has 0 aliphatic rings. The van der Waals surface area contributed by atoms with Gasteiger partial charge in [-0.3, -0.25) is 0 Å². The van der Waals surface area contributed by atoms with Gasteiger partial charge < -0.3 is 14.9 Å². The van der Waals surface area contributed by atoms with E-state index >= 15 is 0 Å². The van der Waals surface area contributed by atoms with Crippen LogP contribution in [-0.2, 0) is 10.8 Å². The highest BCUT2D eigenvalue weighted by Crippen LogP contribution is 2.35. The molecule has 0 aromatic heterocycles. The van der Waals surface area contributed by atoms with Crippen LogP contribution in [0.3, 0.4) is 0 Å². The molecule has 3 nitrogen and oxygen atoms in total. The molecule has 1 atom stereocenters. The summed E-state index contributed by atoms with van der Waals surface area (Å²) in [5.41, 5.74) is 2.43. The minimum atomic E-state index is -0.842. The van der Waals surface area contributed by atoms with Gasteiger partial charge >= 0.3 is 0 Å². The van der Waals surface area contributed by atoms with E-state index in [0.29, 0.717) is 0 Å². The highest BCUT2D eigenvalue weighted by Gasteiger charge is 2.23. The molecule has 0 aliphatic heterocycles. The largest absolute Gasteiger partial charge is 0.490 e. The Labute approximate surface area is 122 Å². The maximum Gasteiger partial charge on any atom is 0.123 e. The summed E-state index contributed by atoms with van der Waals surface area (Å²) < 4.78 is 5.67. The van der Waals surface area contributed by atoms with Gasteiger partial charge in [0.25, 0.3) is 0 Å². The predicted molar refractivity (Wildman–Crippen MR) is 82.4 cm³/mol. The minimum Gasteiger partial charge on any atom is -0.490 e. The van der Waals surface area contributed by atoms with Crippen LogP contribution in [0.15, 0.2) is 18.2 Å². The number of hydrogen-bond donors (Lipinski definition) is 2. The van der Waals surface area contributed by atoms with Gasteiger partial charge in [0, 0.05) is 0 Å². The molecular formula is C17H28O3. The summed E-state index contributed by atoms with van der Waals surface area (Å²) in [6.45, 7) is 12.8. The summed E-state index contributed by atoms with van der Waals surface area (Å²) in [5.74, 6) is 0.776. The molecule has 1 rings (SSSR count). The van der Waals surface area contributed by atoms with Gasteiger partial charge in [0.2, 0.25) is 0 Å². The predicted octanol–water partition coefficient (Wildman–Crippen LogP) is 3.01. The van der Waals surface area contributed by atoms with Crippen molar-refractivity contribution in [1.82, 2.24) is 0 Å². The summed E-state index contributed by atoms with van der Waals surface area (Å²) >= 11 is 0. The van der Waals surface area contributed by atoms with Crippen LogP contribution in [-0.4, -0.2) is 29.5 Å². The lowest BCUT2D eigenvalue weighted by atomic mass is 9.80. The van der Waals surface area contributed by atoms with Crippen LogP contribution in [0.4, 0.5) is 0 Å². The number of aliphatic hydroxyl groups is 2. The SMILES string of the molecule is CC(C)(C)c1ccc(OCC(O)CO)c(C(C)(C)C)c1. The average molecular weight is 280 g/mol. The molecule has 0 amide bonds. The van der Waals surface area contributed by atoms with Crippen LogP contribution in [0.5, 0.6) is 5.75 Å². The molecule has 0 heterocycles. The second-order valence-corrected chi connectivity index (χ2v) is 7.36. The van der Waals surface area contributed by atoms with Gasteiger partial charge in [-0.15, -0.1) is 0 Å². The fraction of sp³-hybridized carbons (Fsp3) is 0.647. The number of benzene rings is 1. The average Bonchev–Trinajstić information content (AvgIpc) is 2.33. The third kappa shape index (κ3) is 4.50. The lowest BCUT2D eigenvalue weighted by Crippen LogP contribution is -2.23. The second-order valence-electron chi connectivity index (χ2n) is 7.36. The number of rotatable bonds is 4. The Morgan fingerprint density at radius 1 is 1.05 bits per heavy atom. The van der Waals surface area contributed by atoms with Gasteiger partial charge in [-0.2, -0.15) is 0 Å². The standard InChI is InChI=1S/C17H28O3/c1-16(2,3)12-7-8-15(20-11-13(19)10-18)14(9-12)17(4,5)6/h7-9,13,18-19H,10-11H2,1-6H3. The molecule has 0 fully saturated rings. The normalized spacial score (nSPS) is 14.2. The Bertz CT molecular complexity index is 439. The Morgan fingerprint density at radius 3 is 2.10 bits per heavy atom. The lowest BCUT2D eigenvalue weighted by molar-refractivity contribution is 0.0530. The quantitative estimate of drug-likeness (QED) is 0.891. The van der Waals surface area contributed by atoms with E-state index in [1.165, 1.54) is 5.56 Å². The molecule has 114 valence electrons. The summed E-state index contributed by atoms with van der Waals surface area (Å²) in [4.78, 5) is 0. The van der Waals surface area contributed by atoms with Gasteiger partial charge in [-0.25, -0.2) is 0 Å². The summed E-state index contributed by atoms with van der Waals surface area (Å²) in [7, 11) is 0.